The second-order valence-electron chi connectivity index (χ2n) is 5.16. The zero-order valence-corrected chi connectivity index (χ0v) is 13.6. The molecule has 0 aliphatic carbocycles. The van der Waals surface area contributed by atoms with Gasteiger partial charge in [-0.15, -0.1) is 11.3 Å². The molecule has 0 atom stereocenters. The van der Waals surface area contributed by atoms with E-state index in [1.165, 1.54) is 0 Å². The monoisotopic (exact) mass is 330 g/mol. The van der Waals surface area contributed by atoms with E-state index >= 15 is 0 Å². The van der Waals surface area contributed by atoms with E-state index in [1.807, 2.05) is 72.1 Å². The van der Waals surface area contributed by atoms with Gasteiger partial charge in [0.05, 0.1) is 11.7 Å². The lowest BCUT2D eigenvalue weighted by Crippen LogP contribution is -1.99. The van der Waals surface area contributed by atoms with Gasteiger partial charge in [0.1, 0.15) is 0 Å². The normalized spacial score (nSPS) is 11.2. The molecule has 116 valence electrons. The van der Waals surface area contributed by atoms with Gasteiger partial charge in [-0.3, -0.25) is 5.43 Å². The van der Waals surface area contributed by atoms with Crippen LogP contribution in [0.15, 0.2) is 77.2 Å². The summed E-state index contributed by atoms with van der Waals surface area (Å²) in [5, 5.41) is 7.28. The van der Waals surface area contributed by atoms with Crippen LogP contribution in [-0.4, -0.2) is 16.2 Å². The van der Waals surface area contributed by atoms with Gasteiger partial charge in [-0.05, 0) is 23.6 Å². The Bertz CT molecular complexity index is 979. The first kappa shape index (κ1) is 14.5. The van der Waals surface area contributed by atoms with Crippen LogP contribution < -0.4 is 5.43 Å². The highest BCUT2D eigenvalue weighted by atomic mass is 32.1. The molecular formula is C19H14N4S. The number of nitrogens with one attached hydrogen (secondary N) is 1. The summed E-state index contributed by atoms with van der Waals surface area (Å²) in [5.74, 6) is 1.38. The number of fused-ring (bicyclic) bond motifs is 1. The molecular weight excluding hydrogens is 316 g/mol. The molecule has 5 heteroatoms. The lowest BCUT2D eigenvalue weighted by Gasteiger charge is -2.08. The van der Waals surface area contributed by atoms with Crippen molar-refractivity contribution in [3.8, 4) is 11.4 Å². The van der Waals surface area contributed by atoms with Gasteiger partial charge in [0.25, 0.3) is 0 Å². The van der Waals surface area contributed by atoms with Gasteiger partial charge >= 0.3 is 0 Å². The van der Waals surface area contributed by atoms with Crippen LogP contribution >= 0.6 is 11.3 Å². The molecule has 2 heterocycles. The topological polar surface area (TPSA) is 50.2 Å². The van der Waals surface area contributed by atoms with Crippen LogP contribution in [0.25, 0.3) is 22.3 Å². The van der Waals surface area contributed by atoms with Crippen LogP contribution in [0.5, 0.6) is 0 Å². The molecule has 0 spiro atoms. The summed E-state index contributed by atoms with van der Waals surface area (Å²) in [6.45, 7) is 0. The molecule has 1 N–H and O–H groups in total. The molecule has 2 aromatic carbocycles. The van der Waals surface area contributed by atoms with Crippen LogP contribution in [-0.2, 0) is 0 Å². The van der Waals surface area contributed by atoms with Gasteiger partial charge < -0.3 is 0 Å². The van der Waals surface area contributed by atoms with Crippen LogP contribution in [0, 0.1) is 0 Å². The minimum absolute atomic E-state index is 0.683. The summed E-state index contributed by atoms with van der Waals surface area (Å²) in [7, 11) is 0. The van der Waals surface area contributed by atoms with Gasteiger partial charge in [-0.1, -0.05) is 48.5 Å². The first-order valence-electron chi connectivity index (χ1n) is 7.55. The van der Waals surface area contributed by atoms with Crippen molar-refractivity contribution in [2.75, 3.05) is 5.43 Å². The van der Waals surface area contributed by atoms with E-state index < -0.39 is 0 Å². The predicted octanol–water partition coefficient (Wildman–Crippen LogP) is 4.80. The van der Waals surface area contributed by atoms with Crippen LogP contribution in [0.4, 0.5) is 5.82 Å². The van der Waals surface area contributed by atoms with E-state index in [4.69, 9.17) is 0 Å². The zero-order valence-electron chi connectivity index (χ0n) is 12.8. The minimum atomic E-state index is 0.683. The standard InChI is InChI=1S/C19H14N4S/c1-2-7-14(8-3-1)18-21-17-11-5-4-10-16(17)19(22-18)23-20-13-15-9-6-12-24-15/h1-13H,(H,21,22,23)/b20-13+. The molecule has 0 unspecified atom stereocenters. The third kappa shape index (κ3) is 3.02. The number of rotatable bonds is 4. The Kier molecular flexibility index (Phi) is 4.00. The van der Waals surface area contributed by atoms with Crippen molar-refractivity contribution in [2.24, 2.45) is 5.10 Å². The molecule has 4 nitrogen and oxygen atoms in total. The molecule has 0 amide bonds. The van der Waals surface area contributed by atoms with Gasteiger partial charge in [-0.2, -0.15) is 5.10 Å². The number of hydrogen-bond acceptors (Lipinski definition) is 5. The van der Waals surface area contributed by atoms with Crippen molar-refractivity contribution in [3.63, 3.8) is 0 Å². The van der Waals surface area contributed by atoms with Gasteiger partial charge in [0.15, 0.2) is 11.6 Å². The average molecular weight is 330 g/mol. The minimum Gasteiger partial charge on any atom is -0.261 e. The highest BCUT2D eigenvalue weighted by Gasteiger charge is 2.08. The molecule has 0 saturated carbocycles. The molecule has 2 aromatic heterocycles. The Morgan fingerprint density at radius 2 is 1.71 bits per heavy atom. The van der Waals surface area contributed by atoms with Crippen molar-refractivity contribution < 1.29 is 0 Å². The number of nitrogens with zero attached hydrogens (tertiary/aromatic N) is 3. The Hall–Kier alpha value is -3.05. The average Bonchev–Trinajstić information content (AvgIpc) is 3.16. The number of anilines is 1. The first-order chi connectivity index (χ1) is 11.9. The predicted molar refractivity (Wildman–Crippen MR) is 101 cm³/mol. The van der Waals surface area contributed by atoms with E-state index in [0.29, 0.717) is 11.6 Å². The molecule has 4 aromatic rings. The second-order valence-corrected chi connectivity index (χ2v) is 6.14. The van der Waals surface area contributed by atoms with E-state index in [-0.39, 0.29) is 0 Å². The summed E-state index contributed by atoms with van der Waals surface area (Å²) in [6, 6.07) is 21.9. The van der Waals surface area contributed by atoms with Gasteiger partial charge in [-0.25, -0.2) is 9.97 Å². The summed E-state index contributed by atoms with van der Waals surface area (Å²) < 4.78 is 0. The summed E-state index contributed by atoms with van der Waals surface area (Å²) in [5.41, 5.74) is 4.93. The fourth-order valence-corrected chi connectivity index (χ4v) is 2.98. The summed E-state index contributed by atoms with van der Waals surface area (Å²) in [4.78, 5) is 10.4. The third-order valence-electron chi connectivity index (χ3n) is 3.54. The van der Waals surface area contributed by atoms with Crippen LogP contribution in [0.2, 0.25) is 0 Å². The van der Waals surface area contributed by atoms with Crippen LogP contribution in [0.1, 0.15) is 4.88 Å². The van der Waals surface area contributed by atoms with Gasteiger partial charge in [0, 0.05) is 15.8 Å². The largest absolute Gasteiger partial charge is 0.261 e. The fourth-order valence-electron chi connectivity index (χ4n) is 2.40. The molecule has 0 aliphatic heterocycles. The van der Waals surface area contributed by atoms with Crippen molar-refractivity contribution in [1.29, 1.82) is 0 Å². The lowest BCUT2D eigenvalue weighted by atomic mass is 10.2. The highest BCUT2D eigenvalue weighted by molar-refractivity contribution is 7.11. The Morgan fingerprint density at radius 3 is 2.54 bits per heavy atom. The number of hydrogen-bond donors (Lipinski definition) is 1. The van der Waals surface area contributed by atoms with Crippen molar-refractivity contribution >= 4 is 34.3 Å². The lowest BCUT2D eigenvalue weighted by molar-refractivity contribution is 1.19. The van der Waals surface area contributed by atoms with Crippen molar-refractivity contribution in [1.82, 2.24) is 9.97 Å². The summed E-state index contributed by atoms with van der Waals surface area (Å²) in [6.07, 6.45) is 1.80. The number of benzene rings is 2. The summed E-state index contributed by atoms with van der Waals surface area (Å²) >= 11 is 1.64. The smallest absolute Gasteiger partial charge is 0.162 e. The van der Waals surface area contributed by atoms with Crippen molar-refractivity contribution in [3.05, 3.63) is 77.0 Å². The molecule has 0 bridgehead atoms. The zero-order chi connectivity index (χ0) is 16.2. The number of para-hydroxylation sites is 1. The fraction of sp³-hybridized carbons (Fsp3) is 0. The number of aromatic nitrogens is 2. The molecule has 0 saturated heterocycles. The molecule has 0 aliphatic rings. The SMILES string of the molecule is C(=N\Nc1nc(-c2ccccc2)nc2ccccc12)/c1cccs1. The first-order valence-corrected chi connectivity index (χ1v) is 8.43. The van der Waals surface area contributed by atoms with E-state index in [0.717, 1.165) is 21.3 Å². The Balaban J connectivity index is 1.75. The van der Waals surface area contributed by atoms with E-state index in [2.05, 4.69) is 20.5 Å². The highest BCUT2D eigenvalue weighted by Crippen LogP contribution is 2.24. The van der Waals surface area contributed by atoms with E-state index in [1.54, 1.807) is 17.6 Å². The maximum absolute atomic E-state index is 4.66. The van der Waals surface area contributed by atoms with Gasteiger partial charge in [0.2, 0.25) is 0 Å². The number of thiophene rings is 1. The quantitative estimate of drug-likeness (QED) is 0.432. The molecule has 0 fully saturated rings. The van der Waals surface area contributed by atoms with Crippen LogP contribution in [0.3, 0.4) is 0 Å². The Morgan fingerprint density at radius 1 is 0.875 bits per heavy atom. The Labute approximate surface area is 143 Å². The van der Waals surface area contributed by atoms with Crippen molar-refractivity contribution in [2.45, 2.75) is 0 Å². The third-order valence-corrected chi connectivity index (χ3v) is 4.35. The maximum atomic E-state index is 4.66. The molecule has 24 heavy (non-hydrogen) atoms. The molecule has 0 radical (unpaired) electrons. The number of hydrazone groups is 1. The maximum Gasteiger partial charge on any atom is 0.162 e. The second kappa shape index (κ2) is 6.60. The molecule has 4 rings (SSSR count). The van der Waals surface area contributed by atoms with E-state index in [9.17, 15) is 0 Å².